The van der Waals surface area contributed by atoms with E-state index in [-0.39, 0.29) is 13.0 Å². The summed E-state index contributed by atoms with van der Waals surface area (Å²) in [6.45, 7) is 4.26. The van der Waals surface area contributed by atoms with Gasteiger partial charge in [-0.15, -0.1) is 0 Å². The predicted octanol–water partition coefficient (Wildman–Crippen LogP) is 10.5. The Balaban J connectivity index is 2.37. The summed E-state index contributed by atoms with van der Waals surface area (Å²) in [4.78, 5) is 23.2. The van der Waals surface area contributed by atoms with Crippen molar-refractivity contribution in [2.45, 2.75) is 256 Å². The largest absolute Gasteiger partial charge is 0.472 e. The summed E-state index contributed by atoms with van der Waals surface area (Å²) in [5.41, 5.74) is 0. The van der Waals surface area contributed by atoms with Crippen molar-refractivity contribution in [3.63, 3.8) is 0 Å². The number of aliphatic hydroxyl groups is 5. The first-order valence-electron chi connectivity index (χ1n) is 24.7. The molecule has 360 valence electrons. The standard InChI is InChI=1S/C48H91O12P/c1-3-5-7-9-11-13-15-17-19-21-22-24-26-28-30-32-34-36-38-57-39-41(40-58-61(55,56)60-48-46(53)44(51)43(50)45(52)47(48)54)59-42(49)37-35-33-31-29-27-25-23-20-18-16-14-12-10-8-6-4-2/h14,16,20,23,41,43-48,50-54H,3-13,15,17-19,21-22,24-40H2,1-2H3,(H,55,56)/b16-14-,23-20-. The second-order valence-electron chi connectivity index (χ2n) is 17.3. The van der Waals surface area contributed by atoms with Crippen LogP contribution in [0, 0.1) is 0 Å². The van der Waals surface area contributed by atoms with Gasteiger partial charge >= 0.3 is 13.8 Å². The molecule has 0 bridgehead atoms. The van der Waals surface area contributed by atoms with Crippen LogP contribution in [0.15, 0.2) is 24.3 Å². The zero-order valence-corrected chi connectivity index (χ0v) is 39.4. The monoisotopic (exact) mass is 891 g/mol. The zero-order valence-electron chi connectivity index (χ0n) is 38.5. The highest BCUT2D eigenvalue weighted by molar-refractivity contribution is 7.47. The Labute approximate surface area is 370 Å². The van der Waals surface area contributed by atoms with E-state index < -0.39 is 63.1 Å². The molecule has 6 unspecified atom stereocenters. The molecule has 12 nitrogen and oxygen atoms in total. The average molecular weight is 891 g/mol. The van der Waals surface area contributed by atoms with Crippen LogP contribution in [0.1, 0.15) is 213 Å². The highest BCUT2D eigenvalue weighted by Gasteiger charge is 2.51. The van der Waals surface area contributed by atoms with Crippen LogP contribution in [0.4, 0.5) is 0 Å². The quantitative estimate of drug-likeness (QED) is 0.0147. The first-order valence-corrected chi connectivity index (χ1v) is 26.2. The van der Waals surface area contributed by atoms with Crippen molar-refractivity contribution in [1.82, 2.24) is 0 Å². The Morgan fingerprint density at radius 2 is 0.918 bits per heavy atom. The molecule has 6 atom stereocenters. The number of aliphatic hydroxyl groups excluding tert-OH is 5. The maximum atomic E-state index is 12.8. The lowest BCUT2D eigenvalue weighted by Crippen LogP contribution is -2.64. The van der Waals surface area contributed by atoms with E-state index in [1.165, 1.54) is 122 Å². The van der Waals surface area contributed by atoms with Crippen LogP contribution < -0.4 is 0 Å². The molecule has 0 amide bonds. The molecule has 0 heterocycles. The molecule has 0 radical (unpaired) electrons. The first-order chi connectivity index (χ1) is 29.5. The van der Waals surface area contributed by atoms with Crippen LogP contribution in [0.3, 0.4) is 0 Å². The summed E-state index contributed by atoms with van der Waals surface area (Å²) in [5.74, 6) is -0.487. The van der Waals surface area contributed by atoms with Crippen LogP contribution in [-0.2, 0) is 27.9 Å². The Morgan fingerprint density at radius 1 is 0.525 bits per heavy atom. The van der Waals surface area contributed by atoms with E-state index in [0.29, 0.717) is 13.0 Å². The second-order valence-corrected chi connectivity index (χ2v) is 18.7. The lowest BCUT2D eigenvalue weighted by atomic mass is 9.85. The fourth-order valence-corrected chi connectivity index (χ4v) is 8.59. The lowest BCUT2D eigenvalue weighted by Gasteiger charge is -2.41. The molecule has 0 saturated heterocycles. The zero-order chi connectivity index (χ0) is 44.8. The van der Waals surface area contributed by atoms with Crippen LogP contribution in [0.25, 0.3) is 0 Å². The molecule has 13 heteroatoms. The highest BCUT2D eigenvalue weighted by Crippen LogP contribution is 2.47. The predicted molar refractivity (Wildman–Crippen MR) is 244 cm³/mol. The summed E-state index contributed by atoms with van der Waals surface area (Å²) in [6, 6.07) is 0. The van der Waals surface area contributed by atoms with Crippen molar-refractivity contribution < 1.29 is 58.3 Å². The SMILES string of the molecule is CCCCCC/C=C\C/C=C\CCCCCCCC(=O)OC(COCCCCCCCCCCCCCCCCCCCC)COP(=O)(O)OC1C(O)C(O)C(O)C(O)C1O. The number of allylic oxidation sites excluding steroid dienone is 4. The summed E-state index contributed by atoms with van der Waals surface area (Å²) in [7, 11) is -5.02. The summed E-state index contributed by atoms with van der Waals surface area (Å²) in [6.07, 6.45) is 32.4. The van der Waals surface area contributed by atoms with Gasteiger partial charge in [-0.3, -0.25) is 13.8 Å². The normalized spacial score (nSPS) is 22.3. The van der Waals surface area contributed by atoms with E-state index >= 15 is 0 Å². The molecule has 1 rings (SSSR count). The van der Waals surface area contributed by atoms with Gasteiger partial charge in [0.1, 0.15) is 42.7 Å². The van der Waals surface area contributed by atoms with Crippen molar-refractivity contribution in [2.24, 2.45) is 0 Å². The topological polar surface area (TPSA) is 192 Å². The molecule has 0 spiro atoms. The van der Waals surface area contributed by atoms with E-state index in [0.717, 1.165) is 64.2 Å². The third kappa shape index (κ3) is 31.4. The summed E-state index contributed by atoms with van der Waals surface area (Å²) < 4.78 is 34.2. The van der Waals surface area contributed by atoms with Crippen molar-refractivity contribution in [3.05, 3.63) is 24.3 Å². The molecule has 0 aromatic carbocycles. The number of hydrogen-bond acceptors (Lipinski definition) is 11. The number of hydrogen-bond donors (Lipinski definition) is 6. The van der Waals surface area contributed by atoms with Gasteiger partial charge in [-0.05, 0) is 44.9 Å². The number of carbonyl (C=O) groups excluding carboxylic acids is 1. The van der Waals surface area contributed by atoms with Gasteiger partial charge in [0.05, 0.1) is 13.2 Å². The van der Waals surface area contributed by atoms with E-state index in [4.69, 9.17) is 18.5 Å². The lowest BCUT2D eigenvalue weighted by molar-refractivity contribution is -0.220. The Kier molecular flexibility index (Phi) is 37.2. The highest BCUT2D eigenvalue weighted by atomic mass is 31.2. The maximum Gasteiger partial charge on any atom is 0.472 e. The molecule has 1 saturated carbocycles. The smallest absolute Gasteiger partial charge is 0.457 e. The van der Waals surface area contributed by atoms with E-state index in [1.54, 1.807) is 0 Å². The average Bonchev–Trinajstić information content (AvgIpc) is 3.24. The van der Waals surface area contributed by atoms with E-state index in [9.17, 15) is 39.8 Å². The van der Waals surface area contributed by atoms with Crippen molar-refractivity contribution in [2.75, 3.05) is 19.8 Å². The van der Waals surface area contributed by atoms with Gasteiger partial charge in [0.15, 0.2) is 0 Å². The Bertz CT molecular complexity index is 1110. The molecular weight excluding hydrogens is 799 g/mol. The van der Waals surface area contributed by atoms with E-state index in [1.807, 2.05) is 0 Å². The van der Waals surface area contributed by atoms with Gasteiger partial charge in [0.2, 0.25) is 0 Å². The molecule has 0 aliphatic heterocycles. The molecule has 1 aliphatic rings. The number of phosphoric ester groups is 1. The number of unbranched alkanes of at least 4 members (excludes halogenated alkanes) is 26. The van der Waals surface area contributed by atoms with Gasteiger partial charge in [-0.1, -0.05) is 186 Å². The van der Waals surface area contributed by atoms with Gasteiger partial charge in [0, 0.05) is 13.0 Å². The maximum absolute atomic E-state index is 12.8. The van der Waals surface area contributed by atoms with Crippen LogP contribution in [0.5, 0.6) is 0 Å². The minimum Gasteiger partial charge on any atom is -0.457 e. The van der Waals surface area contributed by atoms with Gasteiger partial charge in [-0.25, -0.2) is 4.57 Å². The van der Waals surface area contributed by atoms with Crippen molar-refractivity contribution in [1.29, 1.82) is 0 Å². The fraction of sp³-hybridized carbons (Fsp3) is 0.896. The van der Waals surface area contributed by atoms with Crippen LogP contribution >= 0.6 is 7.82 Å². The molecule has 1 fully saturated rings. The fourth-order valence-electron chi connectivity index (χ4n) is 7.62. The number of rotatable bonds is 42. The molecule has 1 aliphatic carbocycles. The van der Waals surface area contributed by atoms with Gasteiger partial charge in [0.25, 0.3) is 0 Å². The van der Waals surface area contributed by atoms with Gasteiger partial charge in [-0.2, -0.15) is 0 Å². The number of carbonyl (C=O) groups is 1. The Morgan fingerprint density at radius 3 is 1.39 bits per heavy atom. The molecule has 61 heavy (non-hydrogen) atoms. The van der Waals surface area contributed by atoms with Crippen molar-refractivity contribution >= 4 is 13.8 Å². The third-order valence-corrected chi connectivity index (χ3v) is 12.6. The second kappa shape index (κ2) is 39.2. The first kappa shape index (κ1) is 57.8. The molecule has 6 N–H and O–H groups in total. The third-order valence-electron chi connectivity index (χ3n) is 11.6. The number of phosphoric acid groups is 1. The number of ether oxygens (including phenoxy) is 2. The van der Waals surface area contributed by atoms with Crippen LogP contribution in [-0.4, -0.2) is 98.9 Å². The molecule has 0 aromatic rings. The summed E-state index contributed by atoms with van der Waals surface area (Å²) >= 11 is 0. The Hall–Kier alpha value is -1.18. The minimum atomic E-state index is -5.02. The van der Waals surface area contributed by atoms with Gasteiger partial charge < -0.3 is 39.9 Å². The number of esters is 1. The molecular formula is C48H91O12P. The summed E-state index contributed by atoms with van der Waals surface area (Å²) in [5, 5.41) is 50.2. The molecule has 0 aromatic heterocycles. The van der Waals surface area contributed by atoms with Crippen LogP contribution in [0.2, 0.25) is 0 Å². The van der Waals surface area contributed by atoms with Crippen molar-refractivity contribution in [3.8, 4) is 0 Å². The van der Waals surface area contributed by atoms with E-state index in [2.05, 4.69) is 38.2 Å². The minimum absolute atomic E-state index is 0.0781.